The Morgan fingerprint density at radius 3 is 2.62 bits per heavy atom. The number of benzene rings is 1. The maximum absolute atomic E-state index is 11.8. The average Bonchev–Trinajstić information content (AvgIpc) is 2.28. The Hall–Kier alpha value is -1.22. The second kappa shape index (κ2) is 5.75. The molecule has 0 aliphatic carbocycles. The third-order valence-corrected chi connectivity index (χ3v) is 2.72. The van der Waals surface area contributed by atoms with Crippen LogP contribution in [0.2, 0.25) is 5.02 Å². The van der Waals surface area contributed by atoms with Gasteiger partial charge >= 0.3 is 5.97 Å². The molecule has 4 heteroatoms. The summed E-state index contributed by atoms with van der Waals surface area (Å²) in [7, 11) is 0. The van der Waals surface area contributed by atoms with Gasteiger partial charge in [-0.3, -0.25) is 0 Å². The van der Waals surface area contributed by atoms with Gasteiger partial charge in [-0.25, -0.2) is 4.79 Å². The minimum absolute atomic E-state index is 0.0648. The Kier molecular flexibility index (Phi) is 4.62. The van der Waals surface area contributed by atoms with E-state index in [1.807, 2.05) is 13.8 Å². The van der Waals surface area contributed by atoms with Crippen LogP contribution in [0.15, 0.2) is 18.2 Å². The van der Waals surface area contributed by atoms with E-state index < -0.39 is 5.97 Å². The number of anilines is 1. The van der Waals surface area contributed by atoms with Crippen LogP contribution in [0.4, 0.5) is 5.69 Å². The Balaban J connectivity index is 2.83. The van der Waals surface area contributed by atoms with E-state index in [-0.39, 0.29) is 6.10 Å². The van der Waals surface area contributed by atoms with Gasteiger partial charge in [0.2, 0.25) is 0 Å². The molecule has 0 atom stereocenters. The van der Waals surface area contributed by atoms with E-state index in [1.54, 1.807) is 12.1 Å². The number of rotatable bonds is 4. The molecule has 2 N–H and O–H groups in total. The molecule has 0 spiro atoms. The van der Waals surface area contributed by atoms with Crippen molar-refractivity contribution in [3.63, 3.8) is 0 Å². The smallest absolute Gasteiger partial charge is 0.340 e. The molecule has 0 aliphatic heterocycles. The zero-order valence-electron chi connectivity index (χ0n) is 9.50. The Bertz CT molecular complexity index is 375. The normalized spacial score (nSPS) is 10.5. The molecular weight excluding hydrogens is 226 g/mol. The largest absolute Gasteiger partial charge is 0.459 e. The molecule has 0 radical (unpaired) electrons. The molecule has 0 bridgehead atoms. The number of esters is 1. The van der Waals surface area contributed by atoms with Crippen LogP contribution in [-0.2, 0) is 4.74 Å². The Morgan fingerprint density at radius 1 is 1.44 bits per heavy atom. The molecule has 0 saturated carbocycles. The number of halogens is 1. The van der Waals surface area contributed by atoms with Crippen molar-refractivity contribution in [3.8, 4) is 0 Å². The summed E-state index contributed by atoms with van der Waals surface area (Å²) in [6.07, 6.45) is 1.52. The molecular formula is C12H16ClNO2. The summed E-state index contributed by atoms with van der Waals surface area (Å²) in [5.74, 6) is -0.411. The van der Waals surface area contributed by atoms with Gasteiger partial charge in [-0.1, -0.05) is 25.4 Å². The maximum atomic E-state index is 11.8. The van der Waals surface area contributed by atoms with E-state index in [1.165, 1.54) is 6.07 Å². The lowest BCUT2D eigenvalue weighted by atomic mass is 10.2. The minimum atomic E-state index is -0.411. The molecule has 0 heterocycles. The number of nitrogen functional groups attached to an aromatic ring is 1. The molecule has 0 amide bonds. The molecule has 0 aliphatic rings. The first-order chi connectivity index (χ1) is 7.58. The zero-order valence-corrected chi connectivity index (χ0v) is 10.3. The number of ether oxygens (including phenoxy) is 1. The molecule has 0 unspecified atom stereocenters. The van der Waals surface area contributed by atoms with E-state index in [2.05, 4.69) is 0 Å². The summed E-state index contributed by atoms with van der Waals surface area (Å²) in [6.45, 7) is 3.95. The van der Waals surface area contributed by atoms with E-state index in [0.29, 0.717) is 16.3 Å². The number of carbonyl (C=O) groups is 1. The van der Waals surface area contributed by atoms with Crippen LogP contribution in [0.5, 0.6) is 0 Å². The minimum Gasteiger partial charge on any atom is -0.459 e. The van der Waals surface area contributed by atoms with Crippen molar-refractivity contribution in [3.05, 3.63) is 28.8 Å². The average molecular weight is 242 g/mol. The van der Waals surface area contributed by atoms with Crippen molar-refractivity contribution in [1.82, 2.24) is 0 Å². The molecule has 0 aromatic heterocycles. The van der Waals surface area contributed by atoms with Gasteiger partial charge in [0.1, 0.15) is 6.10 Å². The van der Waals surface area contributed by atoms with Crippen LogP contribution >= 0.6 is 11.6 Å². The summed E-state index contributed by atoms with van der Waals surface area (Å²) in [5.41, 5.74) is 6.42. The molecule has 1 aromatic carbocycles. The summed E-state index contributed by atoms with van der Waals surface area (Å²) in [6, 6.07) is 4.78. The van der Waals surface area contributed by atoms with E-state index >= 15 is 0 Å². The van der Waals surface area contributed by atoms with Crippen LogP contribution in [-0.4, -0.2) is 12.1 Å². The van der Waals surface area contributed by atoms with E-state index in [0.717, 1.165) is 12.8 Å². The fraction of sp³-hybridized carbons (Fsp3) is 0.417. The van der Waals surface area contributed by atoms with Gasteiger partial charge < -0.3 is 10.5 Å². The van der Waals surface area contributed by atoms with Crippen molar-refractivity contribution in [2.24, 2.45) is 0 Å². The summed E-state index contributed by atoms with van der Waals surface area (Å²) < 4.78 is 5.29. The number of hydrogen-bond acceptors (Lipinski definition) is 3. The molecule has 0 fully saturated rings. The molecule has 88 valence electrons. The van der Waals surface area contributed by atoms with Crippen molar-refractivity contribution in [2.45, 2.75) is 32.8 Å². The van der Waals surface area contributed by atoms with Gasteiger partial charge in [-0.2, -0.15) is 0 Å². The summed E-state index contributed by atoms with van der Waals surface area (Å²) >= 11 is 5.90. The highest BCUT2D eigenvalue weighted by Crippen LogP contribution is 2.20. The van der Waals surface area contributed by atoms with Crippen molar-refractivity contribution >= 4 is 23.3 Å². The van der Waals surface area contributed by atoms with Gasteiger partial charge in [0.15, 0.2) is 0 Å². The molecule has 16 heavy (non-hydrogen) atoms. The van der Waals surface area contributed by atoms with Crippen molar-refractivity contribution < 1.29 is 9.53 Å². The van der Waals surface area contributed by atoms with Crippen LogP contribution in [0, 0.1) is 0 Å². The molecule has 3 nitrogen and oxygen atoms in total. The van der Waals surface area contributed by atoms with Crippen LogP contribution in [0.1, 0.15) is 37.0 Å². The topological polar surface area (TPSA) is 52.3 Å². The summed E-state index contributed by atoms with van der Waals surface area (Å²) in [4.78, 5) is 11.8. The summed E-state index contributed by atoms with van der Waals surface area (Å²) in [5, 5.41) is 0.366. The van der Waals surface area contributed by atoms with Crippen molar-refractivity contribution in [2.75, 3.05) is 5.73 Å². The quantitative estimate of drug-likeness (QED) is 0.650. The van der Waals surface area contributed by atoms with Gasteiger partial charge in [0, 0.05) is 5.69 Å². The van der Waals surface area contributed by atoms with Gasteiger partial charge in [0.05, 0.1) is 10.6 Å². The predicted molar refractivity (Wildman–Crippen MR) is 65.6 cm³/mol. The first-order valence-corrected chi connectivity index (χ1v) is 5.72. The van der Waals surface area contributed by atoms with Crippen LogP contribution in [0.25, 0.3) is 0 Å². The second-order valence-electron chi connectivity index (χ2n) is 3.58. The van der Waals surface area contributed by atoms with Gasteiger partial charge in [-0.05, 0) is 31.0 Å². The lowest BCUT2D eigenvalue weighted by Gasteiger charge is -2.14. The molecule has 0 saturated heterocycles. The third kappa shape index (κ3) is 3.14. The van der Waals surface area contributed by atoms with Gasteiger partial charge in [-0.15, -0.1) is 0 Å². The maximum Gasteiger partial charge on any atom is 0.340 e. The fourth-order valence-electron chi connectivity index (χ4n) is 1.37. The van der Waals surface area contributed by atoms with Gasteiger partial charge in [0.25, 0.3) is 0 Å². The lowest BCUT2D eigenvalue weighted by Crippen LogP contribution is -2.17. The number of hydrogen-bond donors (Lipinski definition) is 1. The highest BCUT2D eigenvalue weighted by Gasteiger charge is 2.16. The monoisotopic (exact) mass is 241 g/mol. The lowest BCUT2D eigenvalue weighted by molar-refractivity contribution is 0.0284. The SMILES string of the molecule is CCC(CC)OC(=O)c1cc(N)ccc1Cl. The molecule has 1 aromatic rings. The Morgan fingerprint density at radius 2 is 2.06 bits per heavy atom. The third-order valence-electron chi connectivity index (χ3n) is 2.39. The second-order valence-corrected chi connectivity index (χ2v) is 3.99. The molecule has 1 rings (SSSR count). The van der Waals surface area contributed by atoms with Crippen LogP contribution < -0.4 is 5.73 Å². The van der Waals surface area contributed by atoms with E-state index in [9.17, 15) is 4.79 Å². The van der Waals surface area contributed by atoms with Crippen LogP contribution in [0.3, 0.4) is 0 Å². The predicted octanol–water partition coefficient (Wildman–Crippen LogP) is 3.27. The standard InChI is InChI=1S/C12H16ClNO2/c1-3-9(4-2)16-12(15)10-7-8(14)5-6-11(10)13/h5-7,9H,3-4,14H2,1-2H3. The Labute approximate surface area is 101 Å². The zero-order chi connectivity index (χ0) is 12.1. The first kappa shape index (κ1) is 12.8. The van der Waals surface area contributed by atoms with Crippen molar-refractivity contribution in [1.29, 1.82) is 0 Å². The number of nitrogens with two attached hydrogens (primary N) is 1. The first-order valence-electron chi connectivity index (χ1n) is 5.34. The van der Waals surface area contributed by atoms with E-state index in [4.69, 9.17) is 22.1 Å². The number of carbonyl (C=O) groups excluding carboxylic acids is 1. The fourth-order valence-corrected chi connectivity index (χ4v) is 1.56. The highest BCUT2D eigenvalue weighted by molar-refractivity contribution is 6.33. The highest BCUT2D eigenvalue weighted by atomic mass is 35.5.